The van der Waals surface area contributed by atoms with E-state index in [9.17, 15) is 60.0 Å². The van der Waals surface area contributed by atoms with Crippen molar-refractivity contribution >= 4 is 124 Å². The summed E-state index contributed by atoms with van der Waals surface area (Å²) in [5.74, 6) is -2.90. The Morgan fingerprint density at radius 3 is 0.971 bits per heavy atom. The van der Waals surface area contributed by atoms with Gasteiger partial charge in [-0.15, -0.1) is 0 Å². The molecule has 2 saturated heterocycles. The molecule has 4 amide bonds. The predicted molar refractivity (Wildman–Crippen MR) is 252 cm³/mol. The quantitative estimate of drug-likeness (QED) is 0.0599. The molecular weight excluding hydrogens is 1000 g/mol. The highest BCUT2D eigenvalue weighted by Crippen LogP contribution is 2.54. The van der Waals surface area contributed by atoms with Gasteiger partial charge in [-0.3, -0.25) is 19.2 Å². The van der Waals surface area contributed by atoms with Crippen molar-refractivity contribution < 1.29 is 79.0 Å². The molecule has 0 aliphatic carbocycles. The number of benzene rings is 7. The summed E-state index contributed by atoms with van der Waals surface area (Å²) < 4.78 is 22.3. The van der Waals surface area contributed by atoms with Gasteiger partial charge in [-0.25, -0.2) is 9.80 Å². The lowest BCUT2D eigenvalue weighted by Crippen LogP contribution is -2.60. The maximum absolute atomic E-state index is 14.5. The number of halogens is 4. The zero-order chi connectivity index (χ0) is 49.5. The van der Waals surface area contributed by atoms with Gasteiger partial charge in [-0.1, -0.05) is 46.4 Å². The lowest BCUT2D eigenvalue weighted by Gasteiger charge is -2.39. The highest BCUT2D eigenvalue weighted by Gasteiger charge is 2.47. The van der Waals surface area contributed by atoms with E-state index in [0.717, 1.165) is 9.80 Å². The number of carbonyl (C=O) groups is 4. The molecule has 4 aliphatic heterocycles. The van der Waals surface area contributed by atoms with Crippen LogP contribution in [0.2, 0.25) is 20.1 Å². The lowest BCUT2D eigenvalue weighted by molar-refractivity contribution is -0.277. The molecule has 0 unspecified atom stereocenters. The first-order valence-corrected chi connectivity index (χ1v) is 22.9. The van der Waals surface area contributed by atoms with Gasteiger partial charge in [-0.2, -0.15) is 0 Å². The molecule has 22 heteroatoms. The summed E-state index contributed by atoms with van der Waals surface area (Å²) in [4.78, 5) is 59.9. The van der Waals surface area contributed by atoms with E-state index in [1.54, 1.807) is 0 Å². The number of amides is 4. The lowest BCUT2D eigenvalue weighted by atomic mass is 9.82. The Morgan fingerprint density at radius 1 is 0.414 bits per heavy atom. The monoisotopic (exact) mass is 1030 g/mol. The summed E-state index contributed by atoms with van der Waals surface area (Å²) in [5.41, 5.74) is 0.266. The number of fused-ring (bicyclic) bond motifs is 2. The van der Waals surface area contributed by atoms with Crippen molar-refractivity contribution in [2.24, 2.45) is 0 Å². The molecule has 18 nitrogen and oxygen atoms in total. The minimum atomic E-state index is -1.69. The van der Waals surface area contributed by atoms with Gasteiger partial charge in [0, 0.05) is 63.2 Å². The number of aliphatic hydroxyl groups excluding tert-OH is 8. The van der Waals surface area contributed by atoms with Crippen molar-refractivity contribution in [3.63, 3.8) is 0 Å². The number of anilines is 2. The van der Waals surface area contributed by atoms with Gasteiger partial charge in [0.25, 0.3) is 23.6 Å². The second-order valence-electron chi connectivity index (χ2n) is 17.1. The number of nitrogens with zero attached hydrogens (tertiary/aromatic N) is 2. The number of rotatable bonds is 8. The van der Waals surface area contributed by atoms with Crippen LogP contribution in [0.3, 0.4) is 0 Å². The first kappa shape index (κ1) is 46.8. The van der Waals surface area contributed by atoms with E-state index in [-0.39, 0.29) is 108 Å². The number of imide groups is 2. The Bertz CT molecular complexity index is 3040. The van der Waals surface area contributed by atoms with E-state index >= 15 is 0 Å². The van der Waals surface area contributed by atoms with Crippen LogP contribution in [0.1, 0.15) is 41.4 Å². The molecule has 7 aromatic rings. The fourth-order valence-electron chi connectivity index (χ4n) is 9.87. The zero-order valence-electron chi connectivity index (χ0n) is 35.4. The molecule has 10 atom stereocenters. The second kappa shape index (κ2) is 17.1. The van der Waals surface area contributed by atoms with Crippen molar-refractivity contribution in [3.05, 3.63) is 115 Å². The fraction of sp³-hybridized carbons (Fsp3) is 0.250. The van der Waals surface area contributed by atoms with Gasteiger partial charge in [0.05, 0.1) is 46.8 Å². The van der Waals surface area contributed by atoms with Gasteiger partial charge < -0.3 is 59.8 Å². The third-order valence-corrected chi connectivity index (χ3v) is 14.4. The van der Waals surface area contributed by atoms with Crippen molar-refractivity contribution in [2.45, 2.75) is 61.4 Å². The molecule has 7 aromatic carbocycles. The first-order valence-electron chi connectivity index (χ1n) is 21.4. The van der Waals surface area contributed by atoms with Crippen LogP contribution in [0.4, 0.5) is 11.4 Å². The second-order valence-corrected chi connectivity index (χ2v) is 18.8. The standard InChI is InChI=1S/C48H34Cl4N2O16/c49-23-9-19-29-20(44(64)53(43(19)63)15-1-5-17(6-2-15)67-47-41(61)39(59)37(57)27(13-55)69-47)10-24(50)32-34-26(52)12-22-30-21(11-25(51)33(36(30)34)31(23)35(29)32)45(65)54(46(22)66)16-3-7-18(8-4-16)68-48-42(62)40(60)38(58)28(14-56)70-48/h1-12,27-28,37-42,47-48,55-62H,13-14H2/t27-,28-,37-,38-,39+,40+,41-,42-,47-,48-/m1/s1. The van der Waals surface area contributed by atoms with E-state index < -0.39 is 98.3 Å². The third kappa shape index (κ3) is 6.79. The van der Waals surface area contributed by atoms with E-state index in [2.05, 4.69) is 0 Å². The average Bonchev–Trinajstić information content (AvgIpc) is 3.34. The molecule has 0 saturated carbocycles. The Morgan fingerprint density at radius 2 is 0.700 bits per heavy atom. The topological polar surface area (TPSA) is 274 Å². The molecule has 11 rings (SSSR count). The van der Waals surface area contributed by atoms with Crippen LogP contribution in [0, 0.1) is 0 Å². The molecule has 4 heterocycles. The summed E-state index contributed by atoms with van der Waals surface area (Å²) in [5, 5.41) is 82.7. The summed E-state index contributed by atoms with van der Waals surface area (Å²) in [7, 11) is 0. The van der Waals surface area contributed by atoms with Crippen LogP contribution in [0.25, 0.3) is 43.1 Å². The minimum Gasteiger partial charge on any atom is -0.462 e. The van der Waals surface area contributed by atoms with Crippen molar-refractivity contribution in [1.82, 2.24) is 0 Å². The van der Waals surface area contributed by atoms with Crippen LogP contribution in [-0.4, -0.2) is 139 Å². The molecule has 4 aliphatic rings. The molecule has 2 fully saturated rings. The maximum atomic E-state index is 14.5. The van der Waals surface area contributed by atoms with Gasteiger partial charge in [0.2, 0.25) is 12.6 Å². The summed E-state index contributed by atoms with van der Waals surface area (Å²) >= 11 is 28.6. The fourth-order valence-corrected chi connectivity index (χ4v) is 11.1. The largest absolute Gasteiger partial charge is 0.462 e. The predicted octanol–water partition coefficient (Wildman–Crippen LogP) is 4.31. The van der Waals surface area contributed by atoms with Crippen molar-refractivity contribution in [3.8, 4) is 11.5 Å². The summed E-state index contributed by atoms with van der Waals surface area (Å²) in [6, 6.07) is 16.6. The SMILES string of the molecule is O=C1c2cc(Cl)c3c4c(Cl)cc5c6c(cc(Cl)c(c7c(Cl)cc(c2c37)C(=O)N1c1ccc(O[C@@H]2O[C@H](CO)[C@@H](O)[C@H](O)[C@H]2O)cc1)c64)C(=O)N(c1ccc(O[C@@H]2O[C@H](CO)[C@@H](O)[C@H](O)[C@H]2O)cc1)C5=O. The van der Waals surface area contributed by atoms with E-state index in [1.807, 2.05) is 0 Å². The number of aliphatic hydroxyl groups is 8. The highest BCUT2D eigenvalue weighted by atomic mass is 35.5. The molecular formula is C48H34Cl4N2O16. The van der Waals surface area contributed by atoms with Crippen LogP contribution >= 0.6 is 46.4 Å². The molecule has 0 bridgehead atoms. The maximum Gasteiger partial charge on any atom is 0.266 e. The van der Waals surface area contributed by atoms with Gasteiger partial charge in [-0.05, 0) is 72.8 Å². The normalized spacial score (nSPS) is 26.9. The van der Waals surface area contributed by atoms with Crippen molar-refractivity contribution in [1.29, 1.82) is 0 Å². The van der Waals surface area contributed by atoms with E-state index in [1.165, 1.54) is 72.8 Å². The third-order valence-electron chi connectivity index (χ3n) is 13.2. The minimum absolute atomic E-state index is 0.00776. The first-order chi connectivity index (χ1) is 33.4. The van der Waals surface area contributed by atoms with E-state index in [0.29, 0.717) is 0 Å². The summed E-state index contributed by atoms with van der Waals surface area (Å²) in [6.07, 6.45) is -15.4. The Hall–Kier alpha value is -5.52. The van der Waals surface area contributed by atoms with Crippen LogP contribution in [0.15, 0.2) is 72.8 Å². The molecule has 8 N–H and O–H groups in total. The molecule has 0 radical (unpaired) electrons. The number of hydrogen-bond acceptors (Lipinski definition) is 16. The van der Waals surface area contributed by atoms with Gasteiger partial charge in [0.1, 0.15) is 60.3 Å². The zero-order valence-corrected chi connectivity index (χ0v) is 38.4. The Kier molecular flexibility index (Phi) is 11.4. The highest BCUT2D eigenvalue weighted by molar-refractivity contribution is 6.57. The molecule has 360 valence electrons. The smallest absolute Gasteiger partial charge is 0.266 e. The number of ether oxygens (including phenoxy) is 4. The average molecular weight is 1040 g/mol. The number of carbonyl (C=O) groups excluding carboxylic acids is 4. The summed E-state index contributed by atoms with van der Waals surface area (Å²) in [6.45, 7) is -1.34. The van der Waals surface area contributed by atoms with Crippen LogP contribution in [0.5, 0.6) is 11.5 Å². The Balaban J connectivity index is 0.967. The van der Waals surface area contributed by atoms with Crippen LogP contribution < -0.4 is 19.3 Å². The van der Waals surface area contributed by atoms with Gasteiger partial charge in [0.15, 0.2) is 0 Å². The molecule has 0 aromatic heterocycles. The van der Waals surface area contributed by atoms with Gasteiger partial charge >= 0.3 is 0 Å². The Labute approximate surface area is 412 Å². The molecule has 70 heavy (non-hydrogen) atoms. The van der Waals surface area contributed by atoms with Crippen LogP contribution in [-0.2, 0) is 9.47 Å². The van der Waals surface area contributed by atoms with E-state index in [4.69, 9.17) is 65.4 Å². The van der Waals surface area contributed by atoms with Crippen molar-refractivity contribution in [2.75, 3.05) is 23.0 Å². The number of hydrogen-bond donors (Lipinski definition) is 8. The molecule has 0 spiro atoms.